The van der Waals surface area contributed by atoms with Gasteiger partial charge in [-0.25, -0.2) is 32.0 Å². The number of alkyl halides is 1. The number of carboxylic acid groups (broad SMARTS) is 1. The van der Waals surface area contributed by atoms with Crippen LogP contribution in [0.25, 0.3) is 22.4 Å². The van der Waals surface area contributed by atoms with E-state index in [1.165, 1.54) is 23.8 Å². The molecule has 1 fully saturated rings. The summed E-state index contributed by atoms with van der Waals surface area (Å²) in [5, 5.41) is 12.2. The molecular weight excluding hydrogens is 596 g/mol. The number of nitrogens with zero attached hydrogens (tertiary/aromatic N) is 5. The van der Waals surface area contributed by atoms with Gasteiger partial charge in [-0.1, -0.05) is 30.3 Å². The summed E-state index contributed by atoms with van der Waals surface area (Å²) in [7, 11) is -3.94. The maximum absolute atomic E-state index is 15.4. The first kappa shape index (κ1) is 30.8. The Morgan fingerprint density at radius 2 is 1.89 bits per heavy atom. The van der Waals surface area contributed by atoms with Gasteiger partial charge >= 0.3 is 6.09 Å². The van der Waals surface area contributed by atoms with Gasteiger partial charge in [-0.2, -0.15) is 4.98 Å². The zero-order valence-electron chi connectivity index (χ0n) is 24.2. The number of anilines is 2. The van der Waals surface area contributed by atoms with Gasteiger partial charge in [0.25, 0.3) is 5.56 Å². The van der Waals surface area contributed by atoms with E-state index in [0.29, 0.717) is 5.56 Å². The summed E-state index contributed by atoms with van der Waals surface area (Å²) in [6.45, 7) is 4.86. The molecule has 0 unspecified atom stereocenters. The van der Waals surface area contributed by atoms with Crippen LogP contribution in [-0.4, -0.2) is 69.3 Å². The fraction of sp³-hybridized carbons (Fsp3) is 0.345. The van der Waals surface area contributed by atoms with E-state index in [2.05, 4.69) is 25.0 Å². The molecule has 0 aliphatic carbocycles. The van der Waals surface area contributed by atoms with Gasteiger partial charge in [0.1, 0.15) is 23.2 Å². The zero-order valence-corrected chi connectivity index (χ0v) is 25.0. The largest absolute Gasteiger partial charge is 0.465 e. The van der Waals surface area contributed by atoms with E-state index >= 15 is 4.39 Å². The van der Waals surface area contributed by atoms with Gasteiger partial charge in [-0.05, 0) is 44.0 Å². The number of hydrogen-bond acceptors (Lipinski definition) is 8. The molecule has 0 spiro atoms. The number of hydrogen-bond donors (Lipinski definition) is 3. The number of piperidine rings is 1. The monoisotopic (exact) mass is 627 g/mol. The molecule has 2 aromatic carbocycles. The van der Waals surface area contributed by atoms with Crippen molar-refractivity contribution in [2.45, 2.75) is 51.2 Å². The van der Waals surface area contributed by atoms with Gasteiger partial charge in [0.05, 0.1) is 24.2 Å². The van der Waals surface area contributed by atoms with Gasteiger partial charge in [-0.15, -0.1) is 0 Å². The van der Waals surface area contributed by atoms with Crippen molar-refractivity contribution in [1.29, 1.82) is 0 Å². The Morgan fingerprint density at radius 1 is 1.16 bits per heavy atom. The van der Waals surface area contributed by atoms with Crippen LogP contribution in [0.2, 0.25) is 0 Å². The Kier molecular flexibility index (Phi) is 8.50. The average Bonchev–Trinajstić information content (AvgIpc) is 2.94. The standard InChI is InChI=1S/C29H31F2N7O5S/c1-16(2)38-26-23(12-32-28(35-26)33-21-11-20(30)13-37(14-21)29(40)41)34-25(27(38)39)19-9-17(3)24(22(31)10-19)36-44(42,43)15-18-7-5-4-6-8-18/h4-10,12,16,20-21,36H,11,13-15H2,1-3H3,(H,40,41)(H,32,33,35)/t20-,21-/m0/s1. The van der Waals surface area contributed by atoms with Crippen LogP contribution in [0.3, 0.4) is 0 Å². The van der Waals surface area contributed by atoms with E-state index in [-0.39, 0.29) is 64.9 Å². The molecule has 5 rings (SSSR count). The number of aromatic nitrogens is 4. The van der Waals surface area contributed by atoms with Gasteiger partial charge in [0, 0.05) is 30.6 Å². The van der Waals surface area contributed by atoms with E-state index in [9.17, 15) is 27.5 Å². The van der Waals surface area contributed by atoms with Crippen molar-refractivity contribution in [2.75, 3.05) is 23.1 Å². The normalized spacial score (nSPS) is 17.2. The quantitative estimate of drug-likeness (QED) is 0.259. The molecule has 232 valence electrons. The summed E-state index contributed by atoms with van der Waals surface area (Å²) >= 11 is 0. The maximum atomic E-state index is 15.4. The Morgan fingerprint density at radius 3 is 2.55 bits per heavy atom. The van der Waals surface area contributed by atoms with E-state index in [0.717, 1.165) is 11.0 Å². The molecule has 12 nitrogen and oxygen atoms in total. The van der Waals surface area contributed by atoms with Crippen LogP contribution in [0, 0.1) is 12.7 Å². The van der Waals surface area contributed by atoms with Crippen LogP contribution in [0.5, 0.6) is 0 Å². The van der Waals surface area contributed by atoms with Crippen molar-refractivity contribution in [3.8, 4) is 11.3 Å². The second-order valence-corrected chi connectivity index (χ2v) is 12.7. The number of nitrogens with one attached hydrogen (secondary N) is 2. The molecule has 2 atom stereocenters. The van der Waals surface area contributed by atoms with Crippen LogP contribution in [-0.2, 0) is 15.8 Å². The number of rotatable bonds is 8. The number of benzene rings is 2. The predicted molar refractivity (Wildman–Crippen MR) is 161 cm³/mol. The van der Waals surface area contributed by atoms with Crippen molar-refractivity contribution in [3.05, 3.63) is 76.0 Å². The second-order valence-electron chi connectivity index (χ2n) is 11.0. The lowest BCUT2D eigenvalue weighted by Gasteiger charge is -2.33. The summed E-state index contributed by atoms with van der Waals surface area (Å²) in [5.74, 6) is -1.15. The van der Waals surface area contributed by atoms with E-state index in [1.54, 1.807) is 44.2 Å². The summed E-state index contributed by atoms with van der Waals surface area (Å²) < 4.78 is 58.8. The van der Waals surface area contributed by atoms with Crippen molar-refractivity contribution in [2.24, 2.45) is 0 Å². The minimum absolute atomic E-state index is 0.0364. The van der Waals surface area contributed by atoms with Crippen LogP contribution in [0.15, 0.2) is 53.5 Å². The first-order valence-electron chi connectivity index (χ1n) is 13.8. The number of amides is 1. The summed E-state index contributed by atoms with van der Waals surface area (Å²) in [4.78, 5) is 39.2. The lowest BCUT2D eigenvalue weighted by molar-refractivity contribution is 0.102. The Bertz CT molecular complexity index is 1860. The molecule has 15 heteroatoms. The topological polar surface area (TPSA) is 159 Å². The van der Waals surface area contributed by atoms with Gasteiger partial charge in [-0.3, -0.25) is 14.1 Å². The fourth-order valence-electron chi connectivity index (χ4n) is 5.21. The van der Waals surface area contributed by atoms with Crippen LogP contribution in [0.4, 0.5) is 25.2 Å². The van der Waals surface area contributed by atoms with Crippen molar-refractivity contribution in [3.63, 3.8) is 0 Å². The highest BCUT2D eigenvalue weighted by atomic mass is 32.2. The van der Waals surface area contributed by atoms with Crippen LogP contribution < -0.4 is 15.6 Å². The molecule has 4 aromatic rings. The molecule has 44 heavy (non-hydrogen) atoms. The first-order valence-corrected chi connectivity index (χ1v) is 15.5. The minimum Gasteiger partial charge on any atom is -0.465 e. The van der Waals surface area contributed by atoms with Gasteiger partial charge in [0.15, 0.2) is 5.65 Å². The molecule has 0 saturated carbocycles. The maximum Gasteiger partial charge on any atom is 0.407 e. The van der Waals surface area contributed by atoms with E-state index < -0.39 is 45.7 Å². The number of carbonyl (C=O) groups is 1. The summed E-state index contributed by atoms with van der Waals surface area (Å²) in [6.07, 6.45) is -1.16. The molecule has 1 aliphatic heterocycles. The number of aryl methyl sites for hydroxylation is 1. The molecule has 1 saturated heterocycles. The summed E-state index contributed by atoms with van der Waals surface area (Å²) in [5.41, 5.74) is 0.456. The number of sulfonamides is 1. The highest BCUT2D eigenvalue weighted by Crippen LogP contribution is 2.28. The number of fused-ring (bicyclic) bond motifs is 1. The minimum atomic E-state index is -3.94. The molecule has 0 radical (unpaired) electrons. The fourth-order valence-corrected chi connectivity index (χ4v) is 6.49. The molecule has 0 bridgehead atoms. The van der Waals surface area contributed by atoms with Crippen molar-refractivity contribution in [1.82, 2.24) is 24.4 Å². The Hall–Kier alpha value is -4.66. The third-order valence-electron chi connectivity index (χ3n) is 7.17. The molecular formula is C29H31F2N7O5S. The Labute approximate surface area is 251 Å². The SMILES string of the molecule is Cc1cc(-c2nc3cnc(N[C@H]4C[C@H](F)CN(C(=O)O)C4)nc3n(C(C)C)c2=O)cc(F)c1NS(=O)(=O)Cc1ccccc1. The van der Waals surface area contributed by atoms with Gasteiger partial charge < -0.3 is 15.3 Å². The third-order valence-corrected chi connectivity index (χ3v) is 8.40. The lowest BCUT2D eigenvalue weighted by atomic mass is 10.0. The average molecular weight is 628 g/mol. The molecule has 1 amide bonds. The smallest absolute Gasteiger partial charge is 0.407 e. The first-order chi connectivity index (χ1) is 20.8. The molecule has 2 aromatic heterocycles. The van der Waals surface area contributed by atoms with Crippen molar-refractivity contribution < 1.29 is 27.1 Å². The lowest BCUT2D eigenvalue weighted by Crippen LogP contribution is -2.49. The number of likely N-dealkylation sites (tertiary alicyclic amines) is 1. The molecule has 3 heterocycles. The zero-order chi connectivity index (χ0) is 31.8. The molecule has 3 N–H and O–H groups in total. The number of halogens is 2. The highest BCUT2D eigenvalue weighted by molar-refractivity contribution is 7.91. The van der Waals surface area contributed by atoms with Crippen LogP contribution >= 0.6 is 0 Å². The highest BCUT2D eigenvalue weighted by Gasteiger charge is 2.30. The van der Waals surface area contributed by atoms with E-state index in [4.69, 9.17) is 0 Å². The Balaban J connectivity index is 1.47. The summed E-state index contributed by atoms with van der Waals surface area (Å²) in [6, 6.07) is 10.0. The predicted octanol–water partition coefficient (Wildman–Crippen LogP) is 4.33. The van der Waals surface area contributed by atoms with E-state index in [1.807, 2.05) is 0 Å². The molecule has 1 aliphatic rings. The third kappa shape index (κ3) is 6.61. The second kappa shape index (κ2) is 12.1. The van der Waals surface area contributed by atoms with Crippen LogP contribution in [0.1, 0.15) is 37.4 Å². The van der Waals surface area contributed by atoms with Crippen molar-refractivity contribution >= 4 is 38.9 Å². The van der Waals surface area contributed by atoms with Gasteiger partial charge in [0.2, 0.25) is 16.0 Å².